The van der Waals surface area contributed by atoms with Crippen LogP contribution in [0, 0.1) is 0 Å². The van der Waals surface area contributed by atoms with E-state index in [9.17, 15) is 0 Å². The van der Waals surface area contributed by atoms with E-state index in [1.54, 1.807) is 0 Å². The van der Waals surface area contributed by atoms with Gasteiger partial charge in [0, 0.05) is 5.92 Å². The third-order valence-electron chi connectivity index (χ3n) is 2.02. The highest BCUT2D eigenvalue weighted by Gasteiger charge is 2.09. The van der Waals surface area contributed by atoms with Crippen LogP contribution in [0.3, 0.4) is 0 Å². The van der Waals surface area contributed by atoms with Gasteiger partial charge in [0.25, 0.3) is 0 Å². The quantitative estimate of drug-likeness (QED) is 0.578. The Kier molecular flexibility index (Phi) is 5.67. The molecule has 0 fully saturated rings. The maximum absolute atomic E-state index is 4.55. The zero-order chi connectivity index (χ0) is 10.9. The Bertz CT molecular complexity index is 370. The summed E-state index contributed by atoms with van der Waals surface area (Å²) in [7, 11) is 0. The van der Waals surface area contributed by atoms with Crippen LogP contribution in [0.25, 0.3) is 0 Å². The van der Waals surface area contributed by atoms with Gasteiger partial charge in [-0.2, -0.15) is 0 Å². The molecule has 0 saturated heterocycles. The fraction of sp³-hybridized carbons (Fsp3) is 0.273. The summed E-state index contributed by atoms with van der Waals surface area (Å²) in [5.74, 6) is 0.206. The van der Waals surface area contributed by atoms with E-state index in [-0.39, 0.29) is 5.92 Å². The van der Waals surface area contributed by atoms with Gasteiger partial charge >= 0.3 is 0 Å². The number of hydrogen-bond donors (Lipinski definition) is 0. The molecule has 0 radical (unpaired) electrons. The monoisotopic (exact) mass is 234 g/mol. The number of rotatable bonds is 5. The standard InChI is InChI=1S/C11H10N2S2/c14-8-12-6-11(7-13-9-15)10-4-2-1-3-5-10/h1-5,11H,6-7H2. The molecule has 0 aromatic heterocycles. The second kappa shape index (κ2) is 7.16. The Labute approximate surface area is 99.8 Å². The van der Waals surface area contributed by atoms with Gasteiger partial charge in [0.15, 0.2) is 0 Å². The first kappa shape index (κ1) is 11.9. The average molecular weight is 234 g/mol. The van der Waals surface area contributed by atoms with Gasteiger partial charge in [-0.1, -0.05) is 30.3 Å². The molecular weight excluding hydrogens is 224 g/mol. The Morgan fingerprint density at radius 2 is 1.53 bits per heavy atom. The van der Waals surface area contributed by atoms with Gasteiger partial charge in [-0.25, -0.2) is 9.98 Å². The minimum absolute atomic E-state index is 0.206. The van der Waals surface area contributed by atoms with Crippen LogP contribution >= 0.6 is 24.4 Å². The van der Waals surface area contributed by atoms with Gasteiger partial charge in [0.2, 0.25) is 0 Å². The number of isothiocyanates is 2. The number of aliphatic imine (C=N–C) groups is 2. The molecule has 0 heterocycles. The maximum Gasteiger partial charge on any atom is 0.0585 e. The van der Waals surface area contributed by atoms with E-state index < -0.39 is 0 Å². The van der Waals surface area contributed by atoms with Crippen molar-refractivity contribution < 1.29 is 0 Å². The van der Waals surface area contributed by atoms with E-state index in [2.05, 4.69) is 44.7 Å². The number of nitrogens with zero attached hydrogens (tertiary/aromatic N) is 2. The van der Waals surface area contributed by atoms with Crippen molar-refractivity contribution in [3.8, 4) is 0 Å². The minimum Gasteiger partial charge on any atom is -0.232 e. The largest absolute Gasteiger partial charge is 0.232 e. The fourth-order valence-corrected chi connectivity index (χ4v) is 1.44. The van der Waals surface area contributed by atoms with Gasteiger partial charge in [0.05, 0.1) is 23.4 Å². The highest BCUT2D eigenvalue weighted by Crippen LogP contribution is 2.15. The van der Waals surface area contributed by atoms with Gasteiger partial charge < -0.3 is 0 Å². The second-order valence-corrected chi connectivity index (χ2v) is 3.34. The zero-order valence-electron chi connectivity index (χ0n) is 8.09. The average Bonchev–Trinajstić information content (AvgIpc) is 2.30. The summed E-state index contributed by atoms with van der Waals surface area (Å²) in [4.78, 5) is 7.89. The molecular formula is C11H10N2S2. The van der Waals surface area contributed by atoms with Crippen LogP contribution in [0.5, 0.6) is 0 Å². The van der Waals surface area contributed by atoms with Crippen molar-refractivity contribution in [1.29, 1.82) is 0 Å². The Balaban J connectivity index is 2.79. The molecule has 76 valence electrons. The molecule has 2 nitrogen and oxygen atoms in total. The first-order chi connectivity index (χ1) is 7.38. The van der Waals surface area contributed by atoms with Crippen molar-refractivity contribution >= 4 is 34.8 Å². The molecule has 1 aromatic rings. The topological polar surface area (TPSA) is 24.7 Å². The molecule has 0 saturated carbocycles. The van der Waals surface area contributed by atoms with E-state index in [1.165, 1.54) is 5.56 Å². The van der Waals surface area contributed by atoms with Crippen molar-refractivity contribution in [3.63, 3.8) is 0 Å². The van der Waals surface area contributed by atoms with Gasteiger partial charge in [-0.15, -0.1) is 0 Å². The molecule has 0 unspecified atom stereocenters. The third-order valence-corrected chi connectivity index (χ3v) is 2.28. The van der Waals surface area contributed by atoms with Gasteiger partial charge in [-0.3, -0.25) is 0 Å². The summed E-state index contributed by atoms with van der Waals surface area (Å²) in [5, 5.41) is 4.73. The van der Waals surface area contributed by atoms with Crippen LogP contribution < -0.4 is 0 Å². The van der Waals surface area contributed by atoms with E-state index in [1.807, 2.05) is 30.3 Å². The first-order valence-electron chi connectivity index (χ1n) is 4.50. The predicted octanol–water partition coefficient (Wildman–Crippen LogP) is 2.98. The smallest absolute Gasteiger partial charge is 0.0585 e. The molecule has 15 heavy (non-hydrogen) atoms. The van der Waals surface area contributed by atoms with E-state index in [0.717, 1.165) is 0 Å². The van der Waals surface area contributed by atoms with Gasteiger partial charge in [-0.05, 0) is 30.0 Å². The summed E-state index contributed by atoms with van der Waals surface area (Å²) in [6.45, 7) is 1.18. The van der Waals surface area contributed by atoms with Crippen LogP contribution in [0.4, 0.5) is 0 Å². The normalized spacial score (nSPS) is 10.9. The molecule has 1 rings (SSSR count). The SMILES string of the molecule is S=C=NCC(CN=C=S)c1ccccc1. The molecule has 0 aliphatic heterocycles. The van der Waals surface area contributed by atoms with Crippen molar-refractivity contribution in [2.24, 2.45) is 9.98 Å². The highest BCUT2D eigenvalue weighted by atomic mass is 32.1. The second-order valence-electron chi connectivity index (χ2n) is 2.97. The molecule has 0 atom stereocenters. The summed E-state index contributed by atoms with van der Waals surface area (Å²) in [5.41, 5.74) is 1.18. The lowest BCUT2D eigenvalue weighted by molar-refractivity contribution is 0.716. The van der Waals surface area contributed by atoms with E-state index >= 15 is 0 Å². The Morgan fingerprint density at radius 3 is 2.00 bits per heavy atom. The summed E-state index contributed by atoms with van der Waals surface area (Å²) < 4.78 is 0. The number of thiocarbonyl (C=S) groups is 2. The van der Waals surface area contributed by atoms with Crippen molar-refractivity contribution in [3.05, 3.63) is 35.9 Å². The number of benzene rings is 1. The van der Waals surface area contributed by atoms with Crippen LogP contribution in [-0.4, -0.2) is 23.4 Å². The van der Waals surface area contributed by atoms with Crippen LogP contribution in [0.1, 0.15) is 11.5 Å². The zero-order valence-corrected chi connectivity index (χ0v) is 9.72. The molecule has 0 aliphatic rings. The molecule has 4 heteroatoms. The van der Waals surface area contributed by atoms with Crippen molar-refractivity contribution in [2.75, 3.05) is 13.1 Å². The minimum atomic E-state index is 0.206. The lowest BCUT2D eigenvalue weighted by Crippen LogP contribution is -2.06. The number of hydrogen-bond acceptors (Lipinski definition) is 4. The lowest BCUT2D eigenvalue weighted by atomic mass is 10.00. The lowest BCUT2D eigenvalue weighted by Gasteiger charge is -2.10. The van der Waals surface area contributed by atoms with Gasteiger partial charge in [0.1, 0.15) is 0 Å². The fourth-order valence-electron chi connectivity index (χ4n) is 1.29. The van der Waals surface area contributed by atoms with Crippen LogP contribution in [0.15, 0.2) is 40.3 Å². The molecule has 1 aromatic carbocycles. The Hall–Kier alpha value is -1.18. The summed E-state index contributed by atoms with van der Waals surface area (Å²) >= 11 is 9.10. The third kappa shape index (κ3) is 4.24. The summed E-state index contributed by atoms with van der Waals surface area (Å²) in [6.07, 6.45) is 0. The molecule has 0 amide bonds. The Morgan fingerprint density at radius 1 is 1.00 bits per heavy atom. The van der Waals surface area contributed by atoms with E-state index in [4.69, 9.17) is 0 Å². The molecule has 0 bridgehead atoms. The van der Waals surface area contributed by atoms with Crippen LogP contribution in [-0.2, 0) is 0 Å². The molecule has 0 aliphatic carbocycles. The molecule has 0 N–H and O–H groups in total. The maximum atomic E-state index is 4.55. The molecule has 0 spiro atoms. The van der Waals surface area contributed by atoms with Crippen molar-refractivity contribution in [2.45, 2.75) is 5.92 Å². The van der Waals surface area contributed by atoms with Crippen LogP contribution in [0.2, 0.25) is 0 Å². The van der Waals surface area contributed by atoms with E-state index in [0.29, 0.717) is 13.1 Å². The highest BCUT2D eigenvalue weighted by molar-refractivity contribution is 7.78. The predicted molar refractivity (Wildman–Crippen MR) is 69.0 cm³/mol. The van der Waals surface area contributed by atoms with Crippen molar-refractivity contribution in [1.82, 2.24) is 0 Å². The first-order valence-corrected chi connectivity index (χ1v) is 5.32. The summed E-state index contributed by atoms with van der Waals surface area (Å²) in [6, 6.07) is 10.0.